The largest absolute Gasteiger partial charge is 0.394 e. The molecule has 0 bridgehead atoms. The monoisotopic (exact) mass is 586 g/mol. The summed E-state index contributed by atoms with van der Waals surface area (Å²) in [5.41, 5.74) is 0. The lowest BCUT2D eigenvalue weighted by Crippen LogP contribution is -2.67. The van der Waals surface area contributed by atoms with Gasteiger partial charge in [0.1, 0.15) is 73.1 Å². The molecule has 40 heavy (non-hydrogen) atoms. The highest BCUT2D eigenvalue weighted by molar-refractivity contribution is 5.73. The third-order valence-electron chi connectivity index (χ3n) is 6.88. The van der Waals surface area contributed by atoms with Crippen LogP contribution in [0.15, 0.2) is 0 Å². The molecule has 0 aromatic carbocycles. The number of aliphatic hydroxyl groups is 9. The fourth-order valence-corrected chi connectivity index (χ4v) is 4.75. The number of ether oxygens (including phenoxy) is 5. The first-order valence-electron chi connectivity index (χ1n) is 12.6. The summed E-state index contributed by atoms with van der Waals surface area (Å²) in [6.45, 7) is 0.227. The molecule has 0 radical (unpaired) electrons. The third kappa shape index (κ3) is 7.23. The zero-order valence-corrected chi connectivity index (χ0v) is 21.7. The van der Waals surface area contributed by atoms with Crippen molar-refractivity contribution in [3.8, 4) is 0 Å². The summed E-state index contributed by atoms with van der Waals surface area (Å²) >= 11 is 0. The smallest absolute Gasteiger partial charge is 0.217 e. The Labute approximate surface area is 228 Å². The number of hydrogen-bond donors (Lipinski definition) is 11. The van der Waals surface area contributed by atoms with Gasteiger partial charge in [0.05, 0.1) is 19.8 Å². The normalized spacial score (nSPS) is 46.0. The number of carbonyl (C=O) groups is 2. The molecule has 232 valence electrons. The standard InChI is InChI=1S/C22H38N2O16/c1-6(27)23-11-16(32)13(29)8(3-25)38-21(11)36-5-10-15(31)18(34)19(20(35)37-10)40-22-12(24-7(2)28)17(33)14(30)9(4-26)39-22/h8-22,25-26,29-35H,3-5H2,1-2H3,(H,23,27)(H,24,28)/t8?,9?,10?,11?,12?,13-,14-,15?,16-,17-,18+,19?,20?,21?,22?/m1/s1. The molecule has 0 aromatic heterocycles. The van der Waals surface area contributed by atoms with Crippen LogP contribution in [0.25, 0.3) is 0 Å². The number of aliphatic hydroxyl groups excluding tert-OH is 9. The predicted molar refractivity (Wildman–Crippen MR) is 124 cm³/mol. The van der Waals surface area contributed by atoms with Gasteiger partial charge in [-0.25, -0.2) is 0 Å². The molecule has 2 amide bonds. The molecule has 3 aliphatic rings. The maximum Gasteiger partial charge on any atom is 0.217 e. The van der Waals surface area contributed by atoms with Gasteiger partial charge in [0.2, 0.25) is 11.8 Å². The van der Waals surface area contributed by atoms with Crippen molar-refractivity contribution in [1.82, 2.24) is 10.6 Å². The molecule has 0 spiro atoms. The van der Waals surface area contributed by atoms with Crippen molar-refractivity contribution in [1.29, 1.82) is 0 Å². The van der Waals surface area contributed by atoms with E-state index in [-0.39, 0.29) is 0 Å². The molecule has 18 nitrogen and oxygen atoms in total. The first-order chi connectivity index (χ1) is 18.8. The molecular formula is C22H38N2O16. The second-order valence-corrected chi connectivity index (χ2v) is 9.85. The van der Waals surface area contributed by atoms with E-state index >= 15 is 0 Å². The van der Waals surface area contributed by atoms with E-state index in [0.29, 0.717) is 0 Å². The summed E-state index contributed by atoms with van der Waals surface area (Å²) in [6, 6.07) is -2.69. The Morgan fingerprint density at radius 1 is 0.650 bits per heavy atom. The van der Waals surface area contributed by atoms with Crippen molar-refractivity contribution in [2.75, 3.05) is 19.8 Å². The van der Waals surface area contributed by atoms with Gasteiger partial charge < -0.3 is 80.3 Å². The van der Waals surface area contributed by atoms with Gasteiger partial charge in [-0.15, -0.1) is 0 Å². The molecule has 0 saturated carbocycles. The Bertz CT molecular complexity index is 852. The highest BCUT2D eigenvalue weighted by atomic mass is 16.7. The summed E-state index contributed by atoms with van der Waals surface area (Å²) in [5, 5.41) is 96.5. The fourth-order valence-electron chi connectivity index (χ4n) is 4.75. The van der Waals surface area contributed by atoms with Crippen LogP contribution in [0, 0.1) is 0 Å². The first kappa shape index (κ1) is 32.9. The maximum atomic E-state index is 11.6. The molecule has 10 unspecified atom stereocenters. The lowest BCUT2D eigenvalue weighted by Gasteiger charge is -2.46. The van der Waals surface area contributed by atoms with Gasteiger partial charge in [-0.2, -0.15) is 0 Å². The van der Waals surface area contributed by atoms with Gasteiger partial charge >= 0.3 is 0 Å². The van der Waals surface area contributed by atoms with Crippen LogP contribution in [0.2, 0.25) is 0 Å². The van der Waals surface area contributed by atoms with Crippen LogP contribution in [0.4, 0.5) is 0 Å². The summed E-state index contributed by atoms with van der Waals surface area (Å²) in [6.07, 6.45) is -20.9. The van der Waals surface area contributed by atoms with E-state index in [1.165, 1.54) is 0 Å². The lowest BCUT2D eigenvalue weighted by molar-refractivity contribution is -0.353. The van der Waals surface area contributed by atoms with Crippen molar-refractivity contribution < 1.29 is 79.2 Å². The van der Waals surface area contributed by atoms with Crippen LogP contribution >= 0.6 is 0 Å². The van der Waals surface area contributed by atoms with Crippen molar-refractivity contribution in [3.63, 3.8) is 0 Å². The minimum absolute atomic E-state index is 0.588. The van der Waals surface area contributed by atoms with Gasteiger partial charge in [-0.3, -0.25) is 9.59 Å². The number of amides is 2. The highest BCUT2D eigenvalue weighted by Gasteiger charge is 2.52. The number of hydrogen-bond acceptors (Lipinski definition) is 16. The summed E-state index contributed by atoms with van der Waals surface area (Å²) in [7, 11) is 0. The molecule has 3 aliphatic heterocycles. The zero-order valence-electron chi connectivity index (χ0n) is 21.7. The van der Waals surface area contributed by atoms with E-state index < -0.39 is 124 Å². The molecule has 3 saturated heterocycles. The fraction of sp³-hybridized carbons (Fsp3) is 0.909. The number of rotatable bonds is 9. The molecule has 3 rings (SSSR count). The molecule has 18 heteroatoms. The molecule has 0 aromatic rings. The average Bonchev–Trinajstić information content (AvgIpc) is 2.90. The van der Waals surface area contributed by atoms with E-state index in [1.54, 1.807) is 0 Å². The van der Waals surface area contributed by atoms with E-state index in [4.69, 9.17) is 23.7 Å². The summed E-state index contributed by atoms with van der Waals surface area (Å²) < 4.78 is 27.2. The van der Waals surface area contributed by atoms with Gasteiger partial charge in [0.25, 0.3) is 0 Å². The Kier molecular flexibility index (Phi) is 11.5. The second kappa shape index (κ2) is 14.0. The molecule has 15 atom stereocenters. The van der Waals surface area contributed by atoms with Gasteiger partial charge in [-0.05, 0) is 0 Å². The van der Waals surface area contributed by atoms with Crippen molar-refractivity contribution >= 4 is 11.8 Å². The Morgan fingerprint density at radius 3 is 1.57 bits per heavy atom. The zero-order chi connectivity index (χ0) is 29.9. The van der Waals surface area contributed by atoms with Crippen LogP contribution in [-0.4, -0.2) is 170 Å². The predicted octanol–water partition coefficient (Wildman–Crippen LogP) is -7.29. The highest BCUT2D eigenvalue weighted by Crippen LogP contribution is 2.30. The van der Waals surface area contributed by atoms with Crippen LogP contribution in [0.3, 0.4) is 0 Å². The third-order valence-corrected chi connectivity index (χ3v) is 6.88. The first-order valence-corrected chi connectivity index (χ1v) is 12.6. The van der Waals surface area contributed by atoms with Crippen molar-refractivity contribution in [2.24, 2.45) is 0 Å². The minimum Gasteiger partial charge on any atom is -0.394 e. The lowest BCUT2D eigenvalue weighted by atomic mass is 9.95. The Morgan fingerprint density at radius 2 is 1.10 bits per heavy atom. The number of nitrogens with one attached hydrogen (secondary N) is 2. The van der Waals surface area contributed by atoms with Crippen molar-refractivity contribution in [2.45, 2.75) is 106 Å². The second-order valence-electron chi connectivity index (χ2n) is 9.85. The van der Waals surface area contributed by atoms with Crippen LogP contribution in [0.1, 0.15) is 13.8 Å². The molecular weight excluding hydrogens is 548 g/mol. The average molecular weight is 587 g/mol. The van der Waals surface area contributed by atoms with Crippen LogP contribution in [-0.2, 0) is 33.3 Å². The van der Waals surface area contributed by atoms with Gasteiger partial charge in [-0.1, -0.05) is 0 Å². The molecule has 3 fully saturated rings. The van der Waals surface area contributed by atoms with Crippen LogP contribution in [0.5, 0.6) is 0 Å². The molecule has 0 aliphatic carbocycles. The quantitative estimate of drug-likeness (QED) is 0.120. The maximum absolute atomic E-state index is 11.6. The van der Waals surface area contributed by atoms with E-state index in [2.05, 4.69) is 10.6 Å². The van der Waals surface area contributed by atoms with Crippen LogP contribution < -0.4 is 10.6 Å². The Hall–Kier alpha value is -1.62. The topological polar surface area (TPSA) is 286 Å². The SMILES string of the molecule is CC(=O)NC1C(OCC2OC(O)C(OC3OC(CO)[C@@H](O)[C@H](O)C3NC(C)=O)[C@@H](O)C2O)OC(CO)[C@@H](O)[C@@H]1O. The Balaban J connectivity index is 1.68. The van der Waals surface area contributed by atoms with Gasteiger partial charge in [0, 0.05) is 13.8 Å². The van der Waals surface area contributed by atoms with E-state index in [9.17, 15) is 55.5 Å². The molecule has 11 N–H and O–H groups in total. The van der Waals surface area contributed by atoms with E-state index in [1.807, 2.05) is 0 Å². The summed E-state index contributed by atoms with van der Waals surface area (Å²) in [5.74, 6) is -1.24. The minimum atomic E-state index is -1.94. The molecule has 3 heterocycles. The van der Waals surface area contributed by atoms with Crippen molar-refractivity contribution in [3.05, 3.63) is 0 Å². The van der Waals surface area contributed by atoms with E-state index in [0.717, 1.165) is 13.8 Å². The summed E-state index contributed by atoms with van der Waals surface area (Å²) in [4.78, 5) is 23.2. The van der Waals surface area contributed by atoms with Gasteiger partial charge in [0.15, 0.2) is 18.9 Å². The number of carbonyl (C=O) groups excluding carboxylic acids is 2.